The van der Waals surface area contributed by atoms with Crippen LogP contribution in [-0.4, -0.2) is 33.5 Å². The van der Waals surface area contributed by atoms with Crippen molar-refractivity contribution < 1.29 is 4.79 Å². The second-order valence-corrected chi connectivity index (χ2v) is 6.07. The van der Waals surface area contributed by atoms with Gasteiger partial charge >= 0.3 is 0 Å². The van der Waals surface area contributed by atoms with E-state index >= 15 is 0 Å². The molecule has 6 nitrogen and oxygen atoms in total. The number of carbonyl (C=O) groups is 1. The molecule has 6 heteroatoms. The number of nitrogens with two attached hydrogens (primary N) is 1. The smallest absolute Gasteiger partial charge is 0.273 e. The summed E-state index contributed by atoms with van der Waals surface area (Å²) in [4.78, 5) is 12.0. The summed E-state index contributed by atoms with van der Waals surface area (Å²) in [5, 5.41) is 10.8. The van der Waals surface area contributed by atoms with Crippen molar-refractivity contribution in [2.45, 2.75) is 52.1 Å². The van der Waals surface area contributed by atoms with E-state index in [1.807, 2.05) is 0 Å². The van der Waals surface area contributed by atoms with Gasteiger partial charge in [-0.3, -0.25) is 9.48 Å². The Hall–Kier alpha value is -1.43. The maximum atomic E-state index is 12.0. The molecule has 1 aliphatic rings. The monoisotopic (exact) mass is 265 g/mol. The van der Waals surface area contributed by atoms with Gasteiger partial charge in [-0.25, -0.2) is 0 Å². The summed E-state index contributed by atoms with van der Waals surface area (Å²) < 4.78 is 1.60. The van der Waals surface area contributed by atoms with Gasteiger partial charge in [0.15, 0.2) is 5.69 Å². The number of hydrogen-bond acceptors (Lipinski definition) is 4. The van der Waals surface area contributed by atoms with Crippen LogP contribution in [0.3, 0.4) is 0 Å². The Balaban J connectivity index is 1.87. The number of nitrogens with one attached hydrogen (secondary N) is 1. The molecule has 1 heterocycles. The minimum atomic E-state index is -0.132. The SMILES string of the molecule is CC1(C)CCC(NC(=O)c2cn(CCN)nn2)CC1. The van der Waals surface area contributed by atoms with Crippen LogP contribution < -0.4 is 11.1 Å². The molecule has 1 aromatic rings. The van der Waals surface area contributed by atoms with Crippen LogP contribution in [0.1, 0.15) is 50.0 Å². The van der Waals surface area contributed by atoms with Crippen molar-refractivity contribution in [2.75, 3.05) is 6.54 Å². The van der Waals surface area contributed by atoms with E-state index in [0.29, 0.717) is 24.2 Å². The molecule has 19 heavy (non-hydrogen) atoms. The van der Waals surface area contributed by atoms with Gasteiger partial charge in [-0.15, -0.1) is 5.10 Å². The zero-order chi connectivity index (χ0) is 13.9. The van der Waals surface area contributed by atoms with E-state index in [0.717, 1.165) is 25.7 Å². The summed E-state index contributed by atoms with van der Waals surface area (Å²) in [6.45, 7) is 5.63. The van der Waals surface area contributed by atoms with Gasteiger partial charge in [0.05, 0.1) is 12.7 Å². The quantitative estimate of drug-likeness (QED) is 0.848. The molecule has 0 aliphatic heterocycles. The molecule has 0 unspecified atom stereocenters. The Morgan fingerprint density at radius 2 is 2.21 bits per heavy atom. The Morgan fingerprint density at radius 1 is 1.53 bits per heavy atom. The molecule has 0 saturated heterocycles. The lowest BCUT2D eigenvalue weighted by molar-refractivity contribution is 0.0904. The van der Waals surface area contributed by atoms with Gasteiger partial charge in [-0.2, -0.15) is 0 Å². The van der Waals surface area contributed by atoms with Gasteiger partial charge in [0, 0.05) is 12.6 Å². The fraction of sp³-hybridized carbons (Fsp3) is 0.769. The van der Waals surface area contributed by atoms with E-state index in [9.17, 15) is 4.79 Å². The van der Waals surface area contributed by atoms with Gasteiger partial charge in [0.25, 0.3) is 5.91 Å². The summed E-state index contributed by atoms with van der Waals surface area (Å²) >= 11 is 0. The third-order valence-corrected chi connectivity index (χ3v) is 3.80. The molecular weight excluding hydrogens is 242 g/mol. The molecule has 0 spiro atoms. The number of hydrogen-bond donors (Lipinski definition) is 2. The van der Waals surface area contributed by atoms with Crippen molar-refractivity contribution in [3.05, 3.63) is 11.9 Å². The zero-order valence-electron chi connectivity index (χ0n) is 11.7. The molecule has 1 amide bonds. The van der Waals surface area contributed by atoms with E-state index in [4.69, 9.17) is 5.73 Å². The molecule has 1 saturated carbocycles. The molecule has 106 valence electrons. The highest BCUT2D eigenvalue weighted by molar-refractivity contribution is 5.92. The van der Waals surface area contributed by atoms with Crippen LogP contribution in [0.25, 0.3) is 0 Å². The van der Waals surface area contributed by atoms with Crippen LogP contribution >= 0.6 is 0 Å². The molecule has 1 aromatic heterocycles. The van der Waals surface area contributed by atoms with E-state index in [1.165, 1.54) is 0 Å². The van der Waals surface area contributed by atoms with Gasteiger partial charge < -0.3 is 11.1 Å². The Kier molecular flexibility index (Phi) is 4.19. The number of rotatable bonds is 4. The Morgan fingerprint density at radius 3 is 2.84 bits per heavy atom. The maximum Gasteiger partial charge on any atom is 0.273 e. The minimum absolute atomic E-state index is 0.132. The number of aromatic nitrogens is 3. The van der Waals surface area contributed by atoms with Crippen molar-refractivity contribution in [1.29, 1.82) is 0 Å². The van der Waals surface area contributed by atoms with Crippen molar-refractivity contribution in [3.63, 3.8) is 0 Å². The first-order valence-electron chi connectivity index (χ1n) is 6.91. The van der Waals surface area contributed by atoms with Crippen LogP contribution in [0.15, 0.2) is 6.20 Å². The zero-order valence-corrected chi connectivity index (χ0v) is 11.7. The fourth-order valence-electron chi connectivity index (χ4n) is 2.45. The largest absolute Gasteiger partial charge is 0.348 e. The average Bonchev–Trinajstić information content (AvgIpc) is 2.81. The second-order valence-electron chi connectivity index (χ2n) is 6.07. The molecule has 3 N–H and O–H groups in total. The Labute approximate surface area is 113 Å². The van der Waals surface area contributed by atoms with Crippen LogP contribution in [0, 0.1) is 5.41 Å². The van der Waals surface area contributed by atoms with Crippen molar-refractivity contribution in [2.24, 2.45) is 11.1 Å². The van der Waals surface area contributed by atoms with Gasteiger partial charge in [-0.1, -0.05) is 19.1 Å². The van der Waals surface area contributed by atoms with Crippen molar-refractivity contribution in [1.82, 2.24) is 20.3 Å². The minimum Gasteiger partial charge on any atom is -0.348 e. The lowest BCUT2D eigenvalue weighted by atomic mass is 9.75. The van der Waals surface area contributed by atoms with E-state index in [1.54, 1.807) is 10.9 Å². The molecule has 1 aliphatic carbocycles. The van der Waals surface area contributed by atoms with Gasteiger partial charge in [0.2, 0.25) is 0 Å². The highest BCUT2D eigenvalue weighted by Gasteiger charge is 2.28. The van der Waals surface area contributed by atoms with Crippen LogP contribution in [0.2, 0.25) is 0 Å². The first kappa shape index (κ1) is 14.0. The van der Waals surface area contributed by atoms with Gasteiger partial charge in [0.1, 0.15) is 0 Å². The third kappa shape index (κ3) is 3.76. The topological polar surface area (TPSA) is 85.8 Å². The molecule has 0 bridgehead atoms. The van der Waals surface area contributed by atoms with Crippen molar-refractivity contribution in [3.8, 4) is 0 Å². The summed E-state index contributed by atoms with van der Waals surface area (Å²) in [6, 6.07) is 0.264. The number of nitrogens with zero attached hydrogens (tertiary/aromatic N) is 3. The van der Waals surface area contributed by atoms with E-state index in [2.05, 4.69) is 29.5 Å². The highest BCUT2D eigenvalue weighted by Crippen LogP contribution is 2.34. The molecule has 0 radical (unpaired) electrons. The predicted molar refractivity (Wildman–Crippen MR) is 72.6 cm³/mol. The van der Waals surface area contributed by atoms with Crippen LogP contribution in [0.5, 0.6) is 0 Å². The first-order chi connectivity index (χ1) is 9.00. The summed E-state index contributed by atoms with van der Waals surface area (Å²) in [5.41, 5.74) is 6.21. The average molecular weight is 265 g/mol. The normalized spacial score (nSPS) is 19.3. The molecule has 1 fully saturated rings. The van der Waals surface area contributed by atoms with E-state index in [-0.39, 0.29) is 11.9 Å². The standard InChI is InChI=1S/C13H23N5O/c1-13(2)5-3-10(4-6-13)15-12(19)11-9-18(8-7-14)17-16-11/h9-10H,3-8,14H2,1-2H3,(H,15,19). The number of amides is 1. The molecule has 0 aromatic carbocycles. The lowest BCUT2D eigenvalue weighted by Crippen LogP contribution is -2.39. The molecule has 0 atom stereocenters. The molecule has 2 rings (SSSR count). The third-order valence-electron chi connectivity index (χ3n) is 3.80. The lowest BCUT2D eigenvalue weighted by Gasteiger charge is -2.34. The highest BCUT2D eigenvalue weighted by atomic mass is 16.2. The Bertz CT molecular complexity index is 430. The summed E-state index contributed by atoms with van der Waals surface area (Å²) in [7, 11) is 0. The maximum absolute atomic E-state index is 12.0. The predicted octanol–water partition coefficient (Wildman–Crippen LogP) is 0.935. The van der Waals surface area contributed by atoms with Crippen LogP contribution in [0.4, 0.5) is 0 Å². The second kappa shape index (κ2) is 5.69. The number of carbonyl (C=O) groups excluding carboxylic acids is 1. The van der Waals surface area contributed by atoms with E-state index < -0.39 is 0 Å². The van der Waals surface area contributed by atoms with Crippen LogP contribution in [-0.2, 0) is 6.54 Å². The summed E-state index contributed by atoms with van der Waals surface area (Å²) in [5.74, 6) is -0.132. The summed E-state index contributed by atoms with van der Waals surface area (Å²) in [6.07, 6.45) is 6.02. The molecular formula is C13H23N5O. The fourth-order valence-corrected chi connectivity index (χ4v) is 2.45. The van der Waals surface area contributed by atoms with Gasteiger partial charge in [-0.05, 0) is 31.1 Å². The van der Waals surface area contributed by atoms with Crippen molar-refractivity contribution >= 4 is 5.91 Å². The first-order valence-corrected chi connectivity index (χ1v) is 6.91.